The number of alkyl halides is 3. The molecule has 0 amide bonds. The van der Waals surface area contributed by atoms with Crippen molar-refractivity contribution >= 4 is 109 Å². The zero-order chi connectivity index (χ0) is 102. The molecule has 3 radical (unpaired) electrons. The molecule has 0 aliphatic carbocycles. The third-order valence-electron chi connectivity index (χ3n) is 29.7. The Morgan fingerprint density at radius 3 is 0.876 bits per heavy atom. The van der Waals surface area contributed by atoms with Crippen LogP contribution in [0.1, 0.15) is 323 Å². The zero-order valence-electron chi connectivity index (χ0n) is 92.3. The number of halogens is 3. The molecule has 0 aromatic rings. The van der Waals surface area contributed by atoms with Gasteiger partial charge in [0.2, 0.25) is 8.32 Å². The first-order valence-electron chi connectivity index (χ1n) is 47.1. The normalized spacial score (nSPS) is 16.7. The molecule has 129 heavy (non-hydrogen) atoms. The van der Waals surface area contributed by atoms with Crippen molar-refractivity contribution in [1.29, 1.82) is 0 Å². The molecule has 0 aromatic carbocycles. The van der Waals surface area contributed by atoms with Crippen molar-refractivity contribution in [2.45, 2.75) is 503 Å². The molecular weight excluding hydrogens is 1780 g/mol. The second kappa shape index (κ2) is 55.3. The predicted molar refractivity (Wildman–Crippen MR) is 575 cm³/mol. The maximum atomic E-state index is 14.6. The number of allylic oxidation sites excluding steroid dienone is 3. The van der Waals surface area contributed by atoms with Gasteiger partial charge in [-0.3, -0.25) is 14.4 Å². The Bertz CT molecular complexity index is 3360. The van der Waals surface area contributed by atoms with Crippen molar-refractivity contribution in [3.8, 4) is 0 Å². The molecule has 1 fully saturated rings. The lowest BCUT2D eigenvalue weighted by atomic mass is 9.73. The maximum Gasteiger partial charge on any atom is 0.522 e. The van der Waals surface area contributed by atoms with Crippen LogP contribution >= 0.6 is 0 Å². The molecule has 0 saturated carbocycles. The number of aliphatic hydroxyl groups is 1. The van der Waals surface area contributed by atoms with E-state index in [1.807, 2.05) is 61.5 Å². The van der Waals surface area contributed by atoms with E-state index >= 15 is 0 Å². The number of carbonyl (C=O) groups is 4. The quantitative estimate of drug-likeness (QED) is 0.0261. The minimum absolute atomic E-state index is 0. The molecule has 29 heteroatoms. The molecule has 0 aromatic heterocycles. The molecule has 16 nitrogen and oxygen atoms in total. The number of aliphatic hydroxyl groups excluding tert-OH is 1. The second-order valence-corrected chi connectivity index (χ2v) is 90.1. The molecule has 0 bridgehead atoms. The lowest BCUT2D eigenvalue weighted by molar-refractivity contribution is -0.142. The van der Waals surface area contributed by atoms with Crippen LogP contribution in [0.15, 0.2) is 38.0 Å². The van der Waals surface area contributed by atoms with Crippen LogP contribution in [0.5, 0.6) is 0 Å². The van der Waals surface area contributed by atoms with Gasteiger partial charge in [0.15, 0.2) is 58.2 Å². The summed E-state index contributed by atoms with van der Waals surface area (Å²) in [6.07, 6.45) is 12.5. The minimum atomic E-state index is -5.48. The standard InChI is InChI=1S/C33H70O4Si3.C27H56O4Si2.C21H46O3Si2.C7H15F3O3SSi.C6H10O.C4H8O.2CH4.B.H2/c1-21-22-25(2)28(37-40(19,20)32(10,11)12)26(3)29(34)33(13,14)27(36-39(17,18)31(7,8)9)23-24-35-38(15,16)30(4,5)6;1-16-17-20(2)23(28)21(3)24(29)27(10,11)22(31-33(14,15)26(7,8)9)18-19-30-32(12,13)25(4,5)6;1-14-17(22)21(8,9)18(24-26(12,13)20(5,6)7)15-16-23-25(10,11)19(2,3)4;1-6(2,3)15(4,5)13-14(11,12)7(8,9)10;1-3-4-6(2)5-7;1-2-4-5-3-1;;;;/h21,25-28H,1,22-24H2,2-20H3;16,20-23,28H,1,17-19H2,2-15H3;18H,14-16H2,1-13H3;1-5H3;3,5-6H,1,4H2,2H3;1-4H2;2*1H4;;1H/t25-,26+,27-,28-;20-,21+,22-,23-;18-;;6-;;;;;/m000.0...../s1/i;;;;;;;;;1+1. The maximum absolute atomic E-state index is 14.6. The fourth-order valence-electron chi connectivity index (χ4n) is 11.4. The van der Waals surface area contributed by atoms with E-state index in [0.717, 1.165) is 38.8 Å². The Kier molecular flexibility index (Phi) is 61.5. The van der Waals surface area contributed by atoms with Gasteiger partial charge in [0.25, 0.3) is 0 Å². The second-order valence-electron chi connectivity index (χ2n) is 50.1. The summed E-state index contributed by atoms with van der Waals surface area (Å²) in [6.45, 7) is 126. The summed E-state index contributed by atoms with van der Waals surface area (Å²) in [6, 6.07) is 0. The smallest absolute Gasteiger partial charge is 0.417 e. The van der Waals surface area contributed by atoms with Crippen LogP contribution in [0.25, 0.3) is 0 Å². The first-order chi connectivity index (χ1) is 55.3. The number of hydrogen-bond acceptors (Lipinski definition) is 16. The highest BCUT2D eigenvalue weighted by atomic mass is 32.2. The van der Waals surface area contributed by atoms with Crippen molar-refractivity contribution in [2.24, 2.45) is 45.8 Å². The average Bonchev–Trinajstić information content (AvgIpc) is 0.854. The van der Waals surface area contributed by atoms with E-state index in [2.05, 4.69) is 288 Å². The Morgan fingerprint density at radius 1 is 0.411 bits per heavy atom. The van der Waals surface area contributed by atoms with E-state index in [0.29, 0.717) is 45.5 Å². The van der Waals surface area contributed by atoms with Gasteiger partial charge in [0.05, 0.1) is 30.5 Å². The predicted octanol–water partition coefficient (Wildman–Crippen LogP) is 31.2. The molecule has 1 saturated heterocycles. The largest absolute Gasteiger partial charge is 0.522 e. The first-order valence-corrected chi connectivity index (χ1v) is 71.8. The number of rotatable bonds is 42. The summed E-state index contributed by atoms with van der Waals surface area (Å²) in [5.41, 5.74) is -7.25. The van der Waals surface area contributed by atoms with Crippen LogP contribution < -0.4 is 0 Å². The highest BCUT2D eigenvalue weighted by Crippen LogP contribution is 2.49. The van der Waals surface area contributed by atoms with Crippen LogP contribution in [0.4, 0.5) is 13.2 Å². The molecule has 1 aliphatic heterocycles. The number of ketones is 3. The fourth-order valence-corrected chi connectivity index (χ4v) is 24.1. The zero-order valence-corrected chi connectivity index (χ0v) is 101. The lowest BCUT2D eigenvalue weighted by Gasteiger charge is -2.47. The molecule has 1 N–H and O–H groups in total. The van der Waals surface area contributed by atoms with E-state index in [-0.39, 0.29) is 125 Å². The van der Waals surface area contributed by atoms with E-state index in [1.54, 1.807) is 32.9 Å². The fraction of sp³-hybridized carbons (Fsp3) is 0.900. The summed E-state index contributed by atoms with van der Waals surface area (Å²) in [7, 11) is -22.4. The van der Waals surface area contributed by atoms with Gasteiger partial charge in [0.1, 0.15) is 23.6 Å². The van der Waals surface area contributed by atoms with Gasteiger partial charge in [0, 0.05) is 83.3 Å². The van der Waals surface area contributed by atoms with Crippen LogP contribution in [0.3, 0.4) is 0 Å². The van der Waals surface area contributed by atoms with Crippen LogP contribution in [-0.2, 0) is 68.9 Å². The highest BCUT2D eigenvalue weighted by Gasteiger charge is 2.55. The molecule has 1 aliphatic rings. The van der Waals surface area contributed by atoms with Gasteiger partial charge < -0.3 is 49.5 Å². The summed E-state index contributed by atoms with van der Waals surface area (Å²) < 4.78 is 114. The lowest BCUT2D eigenvalue weighted by Crippen LogP contribution is -2.54. The number of ether oxygens (including phenoxy) is 1. The number of Topliss-reactive ketones (excluding diaryl/α,β-unsaturated/α-hetero) is 3. The Morgan fingerprint density at radius 2 is 0.659 bits per heavy atom. The van der Waals surface area contributed by atoms with Crippen LogP contribution in [0, 0.1) is 45.8 Å². The molecule has 0 unspecified atom stereocenters. The molecule has 1 rings (SSSR count). The Balaban J connectivity index is -0.000000210. The summed E-state index contributed by atoms with van der Waals surface area (Å²) >= 11 is 0. The third kappa shape index (κ3) is 47.2. The Hall–Kier alpha value is -0.960. The topological polar surface area (TPSA) is 206 Å². The molecule has 0 spiro atoms. The van der Waals surface area contributed by atoms with Gasteiger partial charge in [-0.1, -0.05) is 282 Å². The SMILES string of the molecule is C.C.C1CCOC1.C=CC[C@H](C)C=O.C=CC[C@H](C)[C@H](O)[C@@H](C)C(=O)C(C)(C)[C@H](CCO[Si](C)(C)C(C)(C)C)O[Si](C)(C)C(C)(C)C.C=CC[C@H](C)[C@H](O[Si](C)(C)C(C)(C)C)[C@@H](C)C(=O)C(C)(C)[C@H](CCO[Si](C)(C)C(C)(C)C)O[Si](C)(C)C(C)(C)C.CC(C)(C)[Si](C)(C)OS(=O)(=O)C(F)(F)F.CCC(=O)C(C)(C)[C@H](CCO[Si](C)(C)C(C)(C)C)O[Si](C)(C)C(C)(C)C.[2HH].[B]. The van der Waals surface area contributed by atoms with Crippen molar-refractivity contribution in [3.05, 3.63) is 38.0 Å². The molecule has 773 valence electrons. The number of carbonyl (C=O) groups excluding carboxylic acids is 4. The van der Waals surface area contributed by atoms with Gasteiger partial charge in [-0.15, -0.1) is 19.7 Å². The molecular formula is C100H215BF3O16SSi8. The number of aldehydes is 1. The van der Waals surface area contributed by atoms with Gasteiger partial charge >= 0.3 is 15.6 Å². The van der Waals surface area contributed by atoms with Gasteiger partial charge in [-0.05, 0) is 208 Å². The number of hydrogen-bond donors (Lipinski definition) is 1. The summed E-state index contributed by atoms with van der Waals surface area (Å²) in [5.74, 6) is 0.158. The third-order valence-corrected chi connectivity index (χ3v) is 68.0. The van der Waals surface area contributed by atoms with E-state index < -0.39 is 115 Å². The minimum Gasteiger partial charge on any atom is -0.417 e. The van der Waals surface area contributed by atoms with Crippen molar-refractivity contribution in [1.82, 2.24) is 0 Å². The monoisotopic (exact) mass is 2000 g/mol. The van der Waals surface area contributed by atoms with E-state index in [9.17, 15) is 45.9 Å². The van der Waals surface area contributed by atoms with Gasteiger partial charge in [-0.2, -0.15) is 21.6 Å². The molecule has 10 atom stereocenters. The van der Waals surface area contributed by atoms with Crippen LogP contribution in [0.2, 0.25) is 145 Å². The van der Waals surface area contributed by atoms with Gasteiger partial charge in [-0.25, -0.2) is 0 Å². The van der Waals surface area contributed by atoms with Crippen molar-refractivity contribution < 1.29 is 86.9 Å². The van der Waals surface area contributed by atoms with Crippen molar-refractivity contribution in [3.63, 3.8) is 0 Å². The molecule has 1 heterocycles. The van der Waals surface area contributed by atoms with E-state index in [1.165, 1.54) is 25.9 Å². The first kappa shape index (κ1) is 143. The van der Waals surface area contributed by atoms with E-state index in [4.69, 9.17) is 35.7 Å². The summed E-state index contributed by atoms with van der Waals surface area (Å²) in [4.78, 5) is 50.8. The summed E-state index contributed by atoms with van der Waals surface area (Å²) in [5, 5.41) is 11.0. The van der Waals surface area contributed by atoms with Crippen molar-refractivity contribution in [2.75, 3.05) is 33.0 Å². The van der Waals surface area contributed by atoms with Crippen LogP contribution in [-0.4, -0.2) is 181 Å². The average molecular weight is 2000 g/mol. The Labute approximate surface area is 809 Å². The highest BCUT2D eigenvalue weighted by molar-refractivity contribution is 7.88.